The Bertz CT molecular complexity index is 1140. The number of para-hydroxylation sites is 1. The van der Waals surface area contributed by atoms with E-state index in [0.29, 0.717) is 5.92 Å². The predicted octanol–water partition coefficient (Wildman–Crippen LogP) is 7.04. The van der Waals surface area contributed by atoms with Crippen molar-refractivity contribution in [1.82, 2.24) is 4.90 Å². The summed E-state index contributed by atoms with van der Waals surface area (Å²) in [5, 5.41) is 0. The summed E-state index contributed by atoms with van der Waals surface area (Å²) in [6, 6.07) is 29.3. The zero-order valence-corrected chi connectivity index (χ0v) is 19.2. The van der Waals surface area contributed by atoms with Crippen LogP contribution in [-0.4, -0.2) is 17.6 Å². The second-order valence-corrected chi connectivity index (χ2v) is 9.96. The zero-order chi connectivity index (χ0) is 22.6. The molecule has 2 nitrogen and oxygen atoms in total. The van der Waals surface area contributed by atoms with E-state index in [4.69, 9.17) is 0 Å². The quantitative estimate of drug-likeness (QED) is 0.446. The third-order valence-corrected chi connectivity index (χ3v) is 8.35. The summed E-state index contributed by atoms with van der Waals surface area (Å²) in [5.74, 6) is 0.525. The van der Waals surface area contributed by atoms with Crippen LogP contribution in [0.5, 0.6) is 0 Å². The van der Waals surface area contributed by atoms with Crippen molar-refractivity contribution in [1.29, 1.82) is 0 Å². The van der Waals surface area contributed by atoms with Gasteiger partial charge in [0.25, 0.3) is 0 Å². The number of aryl methyl sites for hydroxylation is 1. The van der Waals surface area contributed by atoms with Gasteiger partial charge in [0.2, 0.25) is 0 Å². The van der Waals surface area contributed by atoms with Crippen LogP contribution >= 0.6 is 0 Å². The van der Waals surface area contributed by atoms with Crippen molar-refractivity contribution in [2.75, 3.05) is 11.5 Å². The Balaban J connectivity index is 1.60. The van der Waals surface area contributed by atoms with E-state index in [2.05, 4.69) is 103 Å². The first kappa shape index (κ1) is 18.9. The molecule has 3 aromatic carbocycles. The van der Waals surface area contributed by atoms with E-state index in [1.165, 1.54) is 60.0 Å². The van der Waals surface area contributed by atoms with Gasteiger partial charge >= 0.3 is 0 Å². The zero-order valence-electron chi connectivity index (χ0n) is 20.2. The lowest BCUT2D eigenvalue weighted by atomic mass is 9.67. The number of nitrogens with zero attached hydrogens (tertiary/aromatic N) is 2. The normalized spacial score (nSPS) is 30.8. The van der Waals surface area contributed by atoms with Crippen LogP contribution in [0.25, 0.3) is 0 Å². The predicted molar refractivity (Wildman–Crippen MR) is 133 cm³/mol. The maximum Gasteiger partial charge on any atom is 0.0767 e. The third-order valence-electron chi connectivity index (χ3n) is 8.35. The number of anilines is 1. The van der Waals surface area contributed by atoms with Gasteiger partial charge in [-0.3, -0.25) is 4.90 Å². The molecule has 1 saturated carbocycles. The van der Waals surface area contributed by atoms with Crippen molar-refractivity contribution in [3.63, 3.8) is 0 Å². The minimum absolute atomic E-state index is 0.213. The van der Waals surface area contributed by atoms with Crippen molar-refractivity contribution < 1.29 is 1.37 Å². The maximum atomic E-state index is 9.73. The van der Waals surface area contributed by atoms with E-state index >= 15 is 0 Å². The topological polar surface area (TPSA) is 6.48 Å². The Morgan fingerprint density at radius 3 is 2.31 bits per heavy atom. The minimum atomic E-state index is -0.430. The van der Waals surface area contributed by atoms with E-state index < -0.39 is 6.64 Å². The number of rotatable bonds is 3. The Labute approximate surface area is 194 Å². The van der Waals surface area contributed by atoms with E-state index in [0.717, 1.165) is 0 Å². The summed E-state index contributed by atoms with van der Waals surface area (Å²) in [6.45, 7) is 4.08. The van der Waals surface area contributed by atoms with Gasteiger partial charge in [0, 0.05) is 11.7 Å². The fraction of sp³-hybridized carbons (Fsp3) is 0.400. The van der Waals surface area contributed by atoms with Crippen LogP contribution in [0.4, 0.5) is 5.69 Å². The molecule has 2 fully saturated rings. The molecule has 2 heterocycles. The van der Waals surface area contributed by atoms with Crippen molar-refractivity contribution in [2.45, 2.75) is 63.6 Å². The Morgan fingerprint density at radius 2 is 1.53 bits per heavy atom. The molecule has 0 aromatic heterocycles. The number of hydrogen-bond acceptors (Lipinski definition) is 2. The molecule has 2 aliphatic heterocycles. The SMILES string of the molecule is [2H]C1N(c2ccccc2C)[C@@H](C)C2c3ccccc3C(c3ccccc3)(C3CCCCC3)N21. The van der Waals surface area contributed by atoms with E-state index in [1.807, 2.05) is 0 Å². The first-order chi connectivity index (χ1) is 16.2. The summed E-state index contributed by atoms with van der Waals surface area (Å²) in [6.07, 6.45) is 6.39. The minimum Gasteiger partial charge on any atom is -0.354 e. The molecule has 164 valence electrons. The average molecular weight is 424 g/mol. The molecule has 4 atom stereocenters. The standard InChI is InChI=1S/C30H34N2/c1-22-13-9-12-20-28(22)31-21-32-29(23(31)2)26-18-10-11-19-27(26)30(32,24-14-5-3-6-15-24)25-16-7-4-8-17-25/h3,5-6,9-15,18-20,23,25,29H,4,7-8,16-17,21H2,1-2H3/t23-,29?,30?/m0/s1/i21D/t21?,23-,29?,30?. The molecule has 6 rings (SSSR count). The summed E-state index contributed by atoms with van der Waals surface area (Å²) in [4.78, 5) is 4.97. The molecule has 1 aliphatic carbocycles. The lowest BCUT2D eigenvalue weighted by molar-refractivity contribution is 0.0537. The van der Waals surface area contributed by atoms with Gasteiger partial charge in [-0.25, -0.2) is 0 Å². The molecule has 3 aromatic rings. The molecule has 32 heavy (non-hydrogen) atoms. The second-order valence-electron chi connectivity index (χ2n) is 9.96. The van der Waals surface area contributed by atoms with E-state index in [-0.39, 0.29) is 17.6 Å². The Hall–Kier alpha value is -2.58. The first-order valence-electron chi connectivity index (χ1n) is 12.9. The fourth-order valence-corrected chi connectivity index (χ4v) is 6.98. The van der Waals surface area contributed by atoms with Gasteiger partial charge < -0.3 is 4.90 Å². The molecule has 3 unspecified atom stereocenters. The van der Waals surface area contributed by atoms with Crippen LogP contribution in [0.2, 0.25) is 0 Å². The molecule has 1 saturated heterocycles. The van der Waals surface area contributed by atoms with Gasteiger partial charge in [-0.05, 0) is 60.9 Å². The highest BCUT2D eigenvalue weighted by molar-refractivity contribution is 5.59. The van der Waals surface area contributed by atoms with Crippen LogP contribution in [0.1, 0.15) is 68.7 Å². The molecule has 0 radical (unpaired) electrons. The molecule has 0 bridgehead atoms. The Morgan fingerprint density at radius 1 is 0.844 bits per heavy atom. The van der Waals surface area contributed by atoms with E-state index in [1.54, 1.807) is 0 Å². The smallest absolute Gasteiger partial charge is 0.0767 e. The average Bonchev–Trinajstić information content (AvgIpc) is 3.31. The highest BCUT2D eigenvalue weighted by Crippen LogP contribution is 2.60. The largest absolute Gasteiger partial charge is 0.354 e. The number of fused-ring (bicyclic) bond motifs is 3. The lowest BCUT2D eigenvalue weighted by Gasteiger charge is -2.47. The highest BCUT2D eigenvalue weighted by atomic mass is 15.5. The number of hydrogen-bond donors (Lipinski definition) is 0. The van der Waals surface area contributed by atoms with Gasteiger partial charge in [-0.15, -0.1) is 0 Å². The van der Waals surface area contributed by atoms with Gasteiger partial charge in [0.05, 0.1) is 19.6 Å². The lowest BCUT2D eigenvalue weighted by Crippen LogP contribution is -2.49. The van der Waals surface area contributed by atoms with Crippen molar-refractivity contribution in [3.8, 4) is 0 Å². The molecule has 2 heteroatoms. The second kappa shape index (κ2) is 7.78. The van der Waals surface area contributed by atoms with Crippen LogP contribution in [-0.2, 0) is 5.54 Å². The first-order valence-corrected chi connectivity index (χ1v) is 12.3. The molecule has 3 aliphatic rings. The van der Waals surface area contributed by atoms with E-state index in [9.17, 15) is 1.37 Å². The van der Waals surface area contributed by atoms with Gasteiger partial charge in [0.15, 0.2) is 0 Å². The number of benzene rings is 3. The fourth-order valence-electron chi connectivity index (χ4n) is 6.98. The summed E-state index contributed by atoms with van der Waals surface area (Å²) >= 11 is 0. The van der Waals surface area contributed by atoms with Gasteiger partial charge in [-0.1, -0.05) is 92.1 Å². The van der Waals surface area contributed by atoms with Crippen LogP contribution in [0.3, 0.4) is 0 Å². The van der Waals surface area contributed by atoms with Gasteiger partial charge in [0.1, 0.15) is 0 Å². The van der Waals surface area contributed by atoms with Crippen molar-refractivity contribution in [3.05, 3.63) is 101 Å². The van der Waals surface area contributed by atoms with Crippen molar-refractivity contribution >= 4 is 5.69 Å². The van der Waals surface area contributed by atoms with Crippen LogP contribution < -0.4 is 4.90 Å². The van der Waals surface area contributed by atoms with Crippen molar-refractivity contribution in [2.24, 2.45) is 5.92 Å². The maximum absolute atomic E-state index is 9.73. The summed E-state index contributed by atoms with van der Waals surface area (Å²) in [7, 11) is 0. The Kier molecular flexibility index (Phi) is 4.60. The monoisotopic (exact) mass is 423 g/mol. The van der Waals surface area contributed by atoms with Gasteiger partial charge in [-0.2, -0.15) is 0 Å². The van der Waals surface area contributed by atoms with Crippen LogP contribution in [0.15, 0.2) is 78.9 Å². The van der Waals surface area contributed by atoms with Crippen LogP contribution in [0, 0.1) is 12.8 Å². The highest BCUT2D eigenvalue weighted by Gasteiger charge is 2.60. The third kappa shape index (κ3) is 2.75. The molecule has 0 N–H and O–H groups in total. The molecular weight excluding hydrogens is 388 g/mol. The molecular formula is C30H34N2. The summed E-state index contributed by atoms with van der Waals surface area (Å²) < 4.78 is 9.73. The summed E-state index contributed by atoms with van der Waals surface area (Å²) in [5.41, 5.74) is 6.43. The molecule has 0 amide bonds. The molecule has 0 spiro atoms.